The Bertz CT molecular complexity index is 618. The van der Waals surface area contributed by atoms with Crippen LogP contribution in [0.2, 0.25) is 0 Å². The summed E-state index contributed by atoms with van der Waals surface area (Å²) in [4.78, 5) is 6.81. The Hall–Kier alpha value is -1.48. The van der Waals surface area contributed by atoms with E-state index in [0.29, 0.717) is 6.04 Å². The highest BCUT2D eigenvalue weighted by Crippen LogP contribution is 2.28. The predicted octanol–water partition coefficient (Wildman–Crippen LogP) is 4.38. The van der Waals surface area contributed by atoms with E-state index in [4.69, 9.17) is 0 Å². The van der Waals surface area contributed by atoms with Gasteiger partial charge in [-0.2, -0.15) is 0 Å². The lowest BCUT2D eigenvalue weighted by Gasteiger charge is -2.33. The summed E-state index contributed by atoms with van der Waals surface area (Å²) in [6.45, 7) is 3.10. The van der Waals surface area contributed by atoms with E-state index < -0.39 is 0 Å². The van der Waals surface area contributed by atoms with E-state index in [1.54, 1.807) is 18.3 Å². The molecule has 2 aromatic rings. The van der Waals surface area contributed by atoms with E-state index in [1.807, 2.05) is 12.1 Å². The SMILES string of the molecule is CC1CCC(N(C)Cc2cc(F)cc3cccnc23)CC1. The lowest BCUT2D eigenvalue weighted by atomic mass is 9.86. The molecule has 3 heteroatoms. The van der Waals surface area contributed by atoms with Crippen LogP contribution in [-0.4, -0.2) is 23.0 Å². The van der Waals surface area contributed by atoms with Gasteiger partial charge < -0.3 is 0 Å². The van der Waals surface area contributed by atoms with Crippen LogP contribution in [0.1, 0.15) is 38.2 Å². The Labute approximate surface area is 126 Å². The van der Waals surface area contributed by atoms with E-state index in [2.05, 4.69) is 23.9 Å². The Morgan fingerprint density at radius 2 is 2.00 bits per heavy atom. The second kappa shape index (κ2) is 6.10. The highest BCUT2D eigenvalue weighted by atomic mass is 19.1. The van der Waals surface area contributed by atoms with Gasteiger partial charge in [-0.25, -0.2) is 4.39 Å². The molecule has 0 aliphatic heterocycles. The summed E-state index contributed by atoms with van der Waals surface area (Å²) in [6.07, 6.45) is 6.89. The van der Waals surface area contributed by atoms with Crippen LogP contribution in [0.4, 0.5) is 4.39 Å². The fourth-order valence-electron chi connectivity index (χ4n) is 3.43. The first-order chi connectivity index (χ1) is 10.1. The maximum atomic E-state index is 13.8. The van der Waals surface area contributed by atoms with Crippen molar-refractivity contribution in [2.75, 3.05) is 7.05 Å². The zero-order valence-electron chi connectivity index (χ0n) is 12.8. The summed E-state index contributed by atoms with van der Waals surface area (Å²) in [7, 11) is 2.15. The molecule has 1 aromatic heterocycles. The molecule has 1 aliphatic carbocycles. The molecule has 3 rings (SSSR count). The third-order valence-electron chi connectivity index (χ3n) is 4.78. The van der Waals surface area contributed by atoms with Crippen molar-refractivity contribution in [3.05, 3.63) is 41.8 Å². The van der Waals surface area contributed by atoms with Gasteiger partial charge in [0.2, 0.25) is 0 Å². The fraction of sp³-hybridized carbons (Fsp3) is 0.500. The average Bonchev–Trinajstić information content (AvgIpc) is 2.47. The predicted molar refractivity (Wildman–Crippen MR) is 84.6 cm³/mol. The quantitative estimate of drug-likeness (QED) is 0.832. The van der Waals surface area contributed by atoms with Crippen LogP contribution in [-0.2, 0) is 6.54 Å². The van der Waals surface area contributed by atoms with Gasteiger partial charge in [-0.15, -0.1) is 0 Å². The number of hydrogen-bond acceptors (Lipinski definition) is 2. The summed E-state index contributed by atoms with van der Waals surface area (Å²) in [5.41, 5.74) is 1.92. The van der Waals surface area contributed by atoms with Crippen molar-refractivity contribution in [3.8, 4) is 0 Å². The minimum atomic E-state index is -0.170. The zero-order valence-corrected chi connectivity index (χ0v) is 12.8. The summed E-state index contributed by atoms with van der Waals surface area (Å²) in [5.74, 6) is 0.683. The first kappa shape index (κ1) is 14.5. The molecular formula is C18H23FN2. The summed E-state index contributed by atoms with van der Waals surface area (Å²) < 4.78 is 13.8. The van der Waals surface area contributed by atoms with Crippen molar-refractivity contribution in [1.82, 2.24) is 9.88 Å². The molecule has 1 aliphatic rings. The van der Waals surface area contributed by atoms with Crippen LogP contribution in [0.5, 0.6) is 0 Å². The van der Waals surface area contributed by atoms with Crippen molar-refractivity contribution in [2.24, 2.45) is 5.92 Å². The van der Waals surface area contributed by atoms with E-state index in [9.17, 15) is 4.39 Å². The summed E-state index contributed by atoms with van der Waals surface area (Å²) >= 11 is 0. The molecule has 0 amide bonds. The molecule has 0 radical (unpaired) electrons. The topological polar surface area (TPSA) is 16.1 Å². The number of halogens is 1. The molecule has 0 bridgehead atoms. The van der Waals surface area contributed by atoms with Crippen molar-refractivity contribution >= 4 is 10.9 Å². The molecule has 0 N–H and O–H groups in total. The molecule has 1 fully saturated rings. The van der Waals surface area contributed by atoms with E-state index in [1.165, 1.54) is 25.7 Å². The molecule has 1 aromatic carbocycles. The van der Waals surface area contributed by atoms with Crippen molar-refractivity contribution < 1.29 is 4.39 Å². The summed E-state index contributed by atoms with van der Waals surface area (Å²) in [5, 5.41) is 0.887. The molecule has 1 saturated carbocycles. The van der Waals surface area contributed by atoms with Crippen molar-refractivity contribution in [3.63, 3.8) is 0 Å². The molecule has 0 spiro atoms. The average molecular weight is 286 g/mol. The Morgan fingerprint density at radius 3 is 2.76 bits per heavy atom. The van der Waals surface area contributed by atoms with Gasteiger partial charge in [0.15, 0.2) is 0 Å². The highest BCUT2D eigenvalue weighted by molar-refractivity contribution is 5.81. The Kier molecular flexibility index (Phi) is 4.20. The number of rotatable bonds is 3. The van der Waals surface area contributed by atoms with Crippen molar-refractivity contribution in [1.29, 1.82) is 0 Å². The molecule has 2 nitrogen and oxygen atoms in total. The molecule has 21 heavy (non-hydrogen) atoms. The molecule has 1 heterocycles. The Morgan fingerprint density at radius 1 is 1.24 bits per heavy atom. The molecular weight excluding hydrogens is 263 g/mol. The standard InChI is InChI=1S/C18H23FN2/c1-13-5-7-17(8-6-13)21(2)12-15-11-16(19)10-14-4-3-9-20-18(14)15/h3-4,9-11,13,17H,5-8,12H2,1-2H3. The largest absolute Gasteiger partial charge is 0.299 e. The molecule has 0 unspecified atom stereocenters. The lowest BCUT2D eigenvalue weighted by Crippen LogP contribution is -2.34. The Balaban J connectivity index is 1.81. The number of pyridine rings is 1. The third-order valence-corrected chi connectivity index (χ3v) is 4.78. The van der Waals surface area contributed by atoms with Crippen LogP contribution in [0, 0.1) is 11.7 Å². The minimum absolute atomic E-state index is 0.170. The second-order valence-corrected chi connectivity index (χ2v) is 6.47. The van der Waals surface area contributed by atoms with Crippen LogP contribution < -0.4 is 0 Å². The second-order valence-electron chi connectivity index (χ2n) is 6.47. The highest BCUT2D eigenvalue weighted by Gasteiger charge is 2.22. The normalized spacial score (nSPS) is 22.9. The van der Waals surface area contributed by atoms with Gasteiger partial charge in [-0.3, -0.25) is 9.88 Å². The maximum Gasteiger partial charge on any atom is 0.124 e. The van der Waals surface area contributed by atoms with Crippen molar-refractivity contribution in [2.45, 2.75) is 45.2 Å². The number of aromatic nitrogens is 1. The first-order valence-corrected chi connectivity index (χ1v) is 7.87. The zero-order chi connectivity index (χ0) is 14.8. The lowest BCUT2D eigenvalue weighted by molar-refractivity contribution is 0.164. The fourth-order valence-corrected chi connectivity index (χ4v) is 3.43. The van der Waals surface area contributed by atoms with Crippen LogP contribution in [0.3, 0.4) is 0 Å². The van der Waals surface area contributed by atoms with Gasteiger partial charge in [-0.1, -0.05) is 13.0 Å². The smallest absolute Gasteiger partial charge is 0.124 e. The van der Waals surface area contributed by atoms with E-state index >= 15 is 0 Å². The molecule has 112 valence electrons. The molecule has 0 atom stereocenters. The van der Waals surface area contributed by atoms with Gasteiger partial charge in [0.25, 0.3) is 0 Å². The van der Waals surface area contributed by atoms with Gasteiger partial charge >= 0.3 is 0 Å². The number of hydrogen-bond donors (Lipinski definition) is 0. The van der Waals surface area contributed by atoms with Crippen LogP contribution >= 0.6 is 0 Å². The van der Waals surface area contributed by atoms with Crippen LogP contribution in [0.25, 0.3) is 10.9 Å². The number of nitrogens with zero attached hydrogens (tertiary/aromatic N) is 2. The molecule has 0 saturated heterocycles. The van der Waals surface area contributed by atoms with Gasteiger partial charge in [0.05, 0.1) is 5.52 Å². The van der Waals surface area contributed by atoms with Crippen LogP contribution in [0.15, 0.2) is 30.5 Å². The third kappa shape index (κ3) is 3.24. The monoisotopic (exact) mass is 286 g/mol. The van der Waals surface area contributed by atoms with E-state index in [-0.39, 0.29) is 5.82 Å². The summed E-state index contributed by atoms with van der Waals surface area (Å²) in [6, 6.07) is 7.60. The van der Waals surface area contributed by atoms with Gasteiger partial charge in [-0.05, 0) is 62.4 Å². The number of fused-ring (bicyclic) bond motifs is 1. The van der Waals surface area contributed by atoms with Gasteiger partial charge in [0.1, 0.15) is 5.82 Å². The van der Waals surface area contributed by atoms with Gasteiger partial charge in [0, 0.05) is 24.2 Å². The minimum Gasteiger partial charge on any atom is -0.299 e. The number of benzene rings is 1. The van der Waals surface area contributed by atoms with E-state index in [0.717, 1.165) is 28.9 Å². The maximum absolute atomic E-state index is 13.8. The first-order valence-electron chi connectivity index (χ1n) is 7.87.